The SMILES string of the molecule is N#Cc1ccc(CO)c(I)c1. The number of hydrogen-bond acceptors (Lipinski definition) is 2. The van der Waals surface area contributed by atoms with E-state index in [1.807, 2.05) is 6.07 Å². The lowest BCUT2D eigenvalue weighted by atomic mass is 10.2. The van der Waals surface area contributed by atoms with Crippen LogP contribution in [0.3, 0.4) is 0 Å². The van der Waals surface area contributed by atoms with Gasteiger partial charge in [0.25, 0.3) is 0 Å². The van der Waals surface area contributed by atoms with Gasteiger partial charge in [-0.25, -0.2) is 0 Å². The number of nitrogens with zero attached hydrogens (tertiary/aromatic N) is 1. The van der Waals surface area contributed by atoms with Gasteiger partial charge in [-0.05, 0) is 40.3 Å². The highest BCUT2D eigenvalue weighted by Crippen LogP contribution is 2.13. The first-order chi connectivity index (χ1) is 5.27. The molecule has 0 aliphatic carbocycles. The Labute approximate surface area is 78.6 Å². The van der Waals surface area contributed by atoms with Crippen molar-refractivity contribution in [1.82, 2.24) is 0 Å². The summed E-state index contributed by atoms with van der Waals surface area (Å²) in [4.78, 5) is 0. The number of aliphatic hydroxyl groups excluding tert-OH is 1. The average molecular weight is 259 g/mol. The molecule has 0 radical (unpaired) electrons. The van der Waals surface area contributed by atoms with Crippen molar-refractivity contribution in [3.63, 3.8) is 0 Å². The van der Waals surface area contributed by atoms with E-state index >= 15 is 0 Å². The normalized spacial score (nSPS) is 9.18. The van der Waals surface area contributed by atoms with Gasteiger partial charge in [0.05, 0.1) is 18.2 Å². The first-order valence-electron chi connectivity index (χ1n) is 3.07. The van der Waals surface area contributed by atoms with Crippen molar-refractivity contribution >= 4 is 22.6 Å². The topological polar surface area (TPSA) is 44.0 Å². The lowest BCUT2D eigenvalue weighted by Gasteiger charge is -1.98. The summed E-state index contributed by atoms with van der Waals surface area (Å²) in [7, 11) is 0. The van der Waals surface area contributed by atoms with Gasteiger partial charge in [0.1, 0.15) is 0 Å². The standard InChI is InChI=1S/C8H6INO/c9-8-3-6(4-10)1-2-7(8)5-11/h1-3,11H,5H2. The predicted molar refractivity (Wildman–Crippen MR) is 49.8 cm³/mol. The second-order valence-electron chi connectivity index (χ2n) is 2.08. The monoisotopic (exact) mass is 259 g/mol. The number of rotatable bonds is 1. The summed E-state index contributed by atoms with van der Waals surface area (Å²) >= 11 is 2.10. The molecule has 1 rings (SSSR count). The fourth-order valence-corrected chi connectivity index (χ4v) is 1.43. The second kappa shape index (κ2) is 3.69. The van der Waals surface area contributed by atoms with Crippen molar-refractivity contribution in [3.8, 4) is 6.07 Å². The minimum Gasteiger partial charge on any atom is -0.392 e. The van der Waals surface area contributed by atoms with Gasteiger partial charge < -0.3 is 5.11 Å². The van der Waals surface area contributed by atoms with Crippen molar-refractivity contribution in [2.45, 2.75) is 6.61 Å². The van der Waals surface area contributed by atoms with Crippen LogP contribution in [0, 0.1) is 14.9 Å². The van der Waals surface area contributed by atoms with Crippen molar-refractivity contribution in [1.29, 1.82) is 5.26 Å². The molecule has 0 aliphatic rings. The van der Waals surface area contributed by atoms with Gasteiger partial charge in [-0.3, -0.25) is 0 Å². The van der Waals surface area contributed by atoms with Crippen LogP contribution in [0.15, 0.2) is 18.2 Å². The Morgan fingerprint density at radius 2 is 2.27 bits per heavy atom. The molecule has 0 saturated heterocycles. The van der Waals surface area contributed by atoms with Crippen molar-refractivity contribution < 1.29 is 5.11 Å². The van der Waals surface area contributed by atoms with Crippen LogP contribution in [0.5, 0.6) is 0 Å². The molecule has 11 heavy (non-hydrogen) atoms. The van der Waals surface area contributed by atoms with Gasteiger partial charge in [0, 0.05) is 3.57 Å². The first kappa shape index (κ1) is 8.50. The summed E-state index contributed by atoms with van der Waals surface area (Å²) in [5, 5.41) is 17.3. The zero-order chi connectivity index (χ0) is 8.27. The van der Waals surface area contributed by atoms with Crippen LogP contribution in [0.25, 0.3) is 0 Å². The predicted octanol–water partition coefficient (Wildman–Crippen LogP) is 1.66. The Morgan fingerprint density at radius 1 is 1.55 bits per heavy atom. The molecule has 1 N–H and O–H groups in total. The van der Waals surface area contributed by atoms with Crippen LogP contribution in [0.2, 0.25) is 0 Å². The maximum atomic E-state index is 8.79. The zero-order valence-electron chi connectivity index (χ0n) is 5.71. The Hall–Kier alpha value is -0.600. The van der Waals surface area contributed by atoms with E-state index in [2.05, 4.69) is 22.6 Å². The third-order valence-corrected chi connectivity index (χ3v) is 2.36. The molecule has 2 nitrogen and oxygen atoms in total. The molecular weight excluding hydrogens is 253 g/mol. The third-order valence-electron chi connectivity index (χ3n) is 1.35. The maximum Gasteiger partial charge on any atom is 0.0991 e. The Morgan fingerprint density at radius 3 is 2.73 bits per heavy atom. The summed E-state index contributed by atoms with van der Waals surface area (Å²) < 4.78 is 0.934. The number of benzene rings is 1. The fraction of sp³-hybridized carbons (Fsp3) is 0.125. The van der Waals surface area contributed by atoms with Gasteiger partial charge >= 0.3 is 0 Å². The highest BCUT2D eigenvalue weighted by molar-refractivity contribution is 14.1. The highest BCUT2D eigenvalue weighted by Gasteiger charge is 1.98. The van der Waals surface area contributed by atoms with Crippen molar-refractivity contribution in [2.75, 3.05) is 0 Å². The minimum absolute atomic E-state index is 0.0317. The van der Waals surface area contributed by atoms with Crippen LogP contribution < -0.4 is 0 Å². The molecule has 0 atom stereocenters. The number of aliphatic hydroxyl groups is 1. The highest BCUT2D eigenvalue weighted by atomic mass is 127. The Kier molecular flexibility index (Phi) is 2.85. The van der Waals surface area contributed by atoms with Gasteiger partial charge in [-0.15, -0.1) is 0 Å². The van der Waals surface area contributed by atoms with E-state index < -0.39 is 0 Å². The van der Waals surface area contributed by atoms with E-state index in [0.717, 1.165) is 9.13 Å². The summed E-state index contributed by atoms with van der Waals surface area (Å²) in [5.41, 5.74) is 1.50. The molecule has 1 aromatic rings. The van der Waals surface area contributed by atoms with Crippen LogP contribution in [-0.4, -0.2) is 5.11 Å². The maximum absolute atomic E-state index is 8.79. The van der Waals surface area contributed by atoms with Crippen LogP contribution in [0.4, 0.5) is 0 Å². The lowest BCUT2D eigenvalue weighted by Crippen LogP contribution is -1.88. The molecule has 0 amide bonds. The molecule has 0 heterocycles. The molecular formula is C8H6INO. The van der Waals surface area contributed by atoms with E-state index in [1.54, 1.807) is 18.2 Å². The molecule has 3 heteroatoms. The Balaban J connectivity index is 3.12. The van der Waals surface area contributed by atoms with Crippen LogP contribution in [-0.2, 0) is 6.61 Å². The first-order valence-corrected chi connectivity index (χ1v) is 4.15. The summed E-state index contributed by atoms with van der Waals surface area (Å²) in [6, 6.07) is 7.26. The van der Waals surface area contributed by atoms with E-state index in [0.29, 0.717) is 5.56 Å². The Bertz CT molecular complexity index is 303. The van der Waals surface area contributed by atoms with E-state index in [-0.39, 0.29) is 6.61 Å². The molecule has 56 valence electrons. The smallest absolute Gasteiger partial charge is 0.0991 e. The lowest BCUT2D eigenvalue weighted by molar-refractivity contribution is 0.281. The summed E-state index contributed by atoms with van der Waals surface area (Å²) in [6.07, 6.45) is 0. The number of hydrogen-bond donors (Lipinski definition) is 1. The van der Waals surface area contributed by atoms with Crippen LogP contribution >= 0.6 is 22.6 Å². The van der Waals surface area contributed by atoms with Gasteiger partial charge in [-0.2, -0.15) is 5.26 Å². The molecule has 0 aromatic heterocycles. The number of nitriles is 1. The summed E-state index contributed by atoms with van der Waals surface area (Å²) in [5.74, 6) is 0. The number of halogens is 1. The molecule has 0 fully saturated rings. The molecule has 1 aromatic carbocycles. The molecule has 0 saturated carbocycles. The molecule has 0 unspecified atom stereocenters. The third kappa shape index (κ3) is 1.91. The average Bonchev–Trinajstić information content (AvgIpc) is 2.04. The second-order valence-corrected chi connectivity index (χ2v) is 3.24. The van der Waals surface area contributed by atoms with Gasteiger partial charge in [-0.1, -0.05) is 6.07 Å². The van der Waals surface area contributed by atoms with Gasteiger partial charge in [0.15, 0.2) is 0 Å². The van der Waals surface area contributed by atoms with E-state index in [4.69, 9.17) is 10.4 Å². The van der Waals surface area contributed by atoms with Crippen LogP contribution in [0.1, 0.15) is 11.1 Å². The van der Waals surface area contributed by atoms with Crippen molar-refractivity contribution in [3.05, 3.63) is 32.9 Å². The minimum atomic E-state index is 0.0317. The molecule has 0 spiro atoms. The van der Waals surface area contributed by atoms with Gasteiger partial charge in [0.2, 0.25) is 0 Å². The quantitative estimate of drug-likeness (QED) is 0.779. The van der Waals surface area contributed by atoms with Crippen molar-refractivity contribution in [2.24, 2.45) is 0 Å². The zero-order valence-corrected chi connectivity index (χ0v) is 7.87. The summed E-state index contributed by atoms with van der Waals surface area (Å²) in [6.45, 7) is 0.0317. The molecule has 0 bridgehead atoms. The fourth-order valence-electron chi connectivity index (χ4n) is 0.745. The van der Waals surface area contributed by atoms with E-state index in [9.17, 15) is 0 Å². The molecule has 0 aliphatic heterocycles. The van der Waals surface area contributed by atoms with E-state index in [1.165, 1.54) is 0 Å². The largest absolute Gasteiger partial charge is 0.392 e.